The molecule has 0 aliphatic heterocycles. The van der Waals surface area contributed by atoms with Gasteiger partial charge in [0.05, 0.1) is 10.3 Å². The van der Waals surface area contributed by atoms with E-state index in [2.05, 4.69) is 4.98 Å². The Morgan fingerprint density at radius 1 is 1.25 bits per heavy atom. The van der Waals surface area contributed by atoms with Crippen molar-refractivity contribution in [3.8, 4) is 11.5 Å². The molecule has 0 aliphatic rings. The second kappa shape index (κ2) is 4.65. The molecule has 0 aliphatic carbocycles. The fourth-order valence-corrected chi connectivity index (χ4v) is 1.89. The van der Waals surface area contributed by atoms with Crippen LogP contribution in [0.15, 0.2) is 47.0 Å². The van der Waals surface area contributed by atoms with Crippen LogP contribution in [0.4, 0.5) is 5.69 Å². The number of rotatable bonds is 3. The first-order valence-corrected chi connectivity index (χ1v) is 5.91. The van der Waals surface area contributed by atoms with Gasteiger partial charge < -0.3 is 9.15 Å². The van der Waals surface area contributed by atoms with Crippen LogP contribution in [0.1, 0.15) is 5.76 Å². The Balaban J connectivity index is 1.94. The molecular weight excluding hydrogens is 260 g/mol. The van der Waals surface area contributed by atoms with Crippen LogP contribution < -0.4 is 4.74 Å². The summed E-state index contributed by atoms with van der Waals surface area (Å²) in [6.45, 7) is 1.83. The number of nitro groups is 1. The summed E-state index contributed by atoms with van der Waals surface area (Å²) in [6, 6.07) is 9.46. The lowest BCUT2D eigenvalue weighted by Gasteiger charge is -2.05. The average molecular weight is 270 g/mol. The van der Waals surface area contributed by atoms with Crippen LogP contribution in [0.25, 0.3) is 11.1 Å². The highest BCUT2D eigenvalue weighted by Gasteiger charge is 2.10. The highest BCUT2D eigenvalue weighted by atomic mass is 16.6. The molecule has 0 fully saturated rings. The Kier molecular flexibility index (Phi) is 2.83. The molecule has 20 heavy (non-hydrogen) atoms. The lowest BCUT2D eigenvalue weighted by Crippen LogP contribution is -1.89. The molecule has 3 aromatic rings. The molecule has 0 bridgehead atoms. The van der Waals surface area contributed by atoms with E-state index in [-0.39, 0.29) is 5.69 Å². The van der Waals surface area contributed by atoms with Gasteiger partial charge in [-0.1, -0.05) is 0 Å². The molecular formula is C14H10N2O4. The van der Waals surface area contributed by atoms with E-state index in [0.29, 0.717) is 17.2 Å². The van der Waals surface area contributed by atoms with Gasteiger partial charge in [-0.25, -0.2) is 4.98 Å². The number of hydrogen-bond acceptors (Lipinski definition) is 5. The van der Waals surface area contributed by atoms with Gasteiger partial charge in [-0.15, -0.1) is 0 Å². The van der Waals surface area contributed by atoms with Gasteiger partial charge in [0.25, 0.3) is 5.69 Å². The van der Waals surface area contributed by atoms with Crippen LogP contribution in [-0.4, -0.2) is 9.91 Å². The zero-order valence-corrected chi connectivity index (χ0v) is 10.6. The van der Waals surface area contributed by atoms with E-state index < -0.39 is 4.92 Å². The summed E-state index contributed by atoms with van der Waals surface area (Å²) in [6.07, 6.45) is 1.59. The Hall–Kier alpha value is -2.89. The standard InChI is InChI=1S/C14H10N2O4/c1-9-8-12-13(6-7-15-14(12)19-9)20-11-4-2-10(3-5-11)16(17)18/h2-8H,1H3. The van der Waals surface area contributed by atoms with Crippen molar-refractivity contribution in [2.45, 2.75) is 6.92 Å². The third-order valence-corrected chi connectivity index (χ3v) is 2.79. The second-order valence-electron chi connectivity index (χ2n) is 4.24. The van der Waals surface area contributed by atoms with Gasteiger partial charge in [-0.05, 0) is 25.1 Å². The van der Waals surface area contributed by atoms with Gasteiger partial charge in [-0.3, -0.25) is 10.1 Å². The number of hydrogen-bond donors (Lipinski definition) is 0. The number of ether oxygens (including phenoxy) is 1. The largest absolute Gasteiger partial charge is 0.456 e. The van der Waals surface area contributed by atoms with Gasteiger partial charge in [0.1, 0.15) is 17.3 Å². The van der Waals surface area contributed by atoms with Gasteiger partial charge in [-0.2, -0.15) is 0 Å². The van der Waals surface area contributed by atoms with Crippen molar-refractivity contribution in [3.05, 3.63) is 58.5 Å². The van der Waals surface area contributed by atoms with Crippen molar-refractivity contribution in [1.29, 1.82) is 0 Å². The highest BCUT2D eigenvalue weighted by molar-refractivity contribution is 5.81. The minimum atomic E-state index is -0.451. The van der Waals surface area contributed by atoms with Crippen LogP contribution >= 0.6 is 0 Å². The van der Waals surface area contributed by atoms with Gasteiger partial charge in [0, 0.05) is 24.4 Å². The zero-order valence-electron chi connectivity index (χ0n) is 10.6. The maximum atomic E-state index is 10.6. The maximum Gasteiger partial charge on any atom is 0.269 e. The number of aryl methyl sites for hydroxylation is 1. The van der Waals surface area contributed by atoms with Crippen LogP contribution in [0.3, 0.4) is 0 Å². The number of nitro benzene ring substituents is 1. The normalized spacial score (nSPS) is 10.7. The number of non-ortho nitro benzene ring substituents is 1. The SMILES string of the molecule is Cc1cc2c(Oc3ccc([N+](=O)[O-])cc3)ccnc2o1. The molecule has 0 atom stereocenters. The lowest BCUT2D eigenvalue weighted by atomic mass is 10.3. The van der Waals surface area contributed by atoms with Gasteiger partial charge in [0.15, 0.2) is 0 Å². The number of nitrogens with zero attached hydrogens (tertiary/aromatic N) is 2. The Labute approximate surface area is 113 Å². The summed E-state index contributed by atoms with van der Waals surface area (Å²) >= 11 is 0. The fraction of sp³-hybridized carbons (Fsp3) is 0.0714. The van der Waals surface area contributed by atoms with Crippen molar-refractivity contribution >= 4 is 16.8 Å². The third kappa shape index (κ3) is 2.18. The van der Waals surface area contributed by atoms with E-state index in [0.717, 1.165) is 11.1 Å². The Morgan fingerprint density at radius 3 is 2.70 bits per heavy atom. The molecule has 0 saturated carbocycles. The maximum absolute atomic E-state index is 10.6. The van der Waals surface area contributed by atoms with E-state index in [1.165, 1.54) is 12.1 Å². The smallest absolute Gasteiger partial charge is 0.269 e. The van der Waals surface area contributed by atoms with Gasteiger partial charge >= 0.3 is 0 Å². The number of aromatic nitrogens is 1. The average Bonchev–Trinajstić information content (AvgIpc) is 2.81. The number of benzene rings is 1. The molecule has 6 heteroatoms. The van der Waals surface area contributed by atoms with Crippen molar-refractivity contribution in [3.63, 3.8) is 0 Å². The van der Waals surface area contributed by atoms with Crippen molar-refractivity contribution in [2.24, 2.45) is 0 Å². The Bertz CT molecular complexity index is 777. The quantitative estimate of drug-likeness (QED) is 0.533. The molecule has 0 saturated heterocycles. The van der Waals surface area contributed by atoms with E-state index in [1.54, 1.807) is 24.4 Å². The number of fused-ring (bicyclic) bond motifs is 1. The summed E-state index contributed by atoms with van der Waals surface area (Å²) in [5.41, 5.74) is 0.526. The molecule has 0 unspecified atom stereocenters. The second-order valence-corrected chi connectivity index (χ2v) is 4.24. The van der Waals surface area contributed by atoms with Crippen LogP contribution in [0.2, 0.25) is 0 Å². The molecule has 2 heterocycles. The highest BCUT2D eigenvalue weighted by Crippen LogP contribution is 2.31. The Morgan fingerprint density at radius 2 is 2.00 bits per heavy atom. The lowest BCUT2D eigenvalue weighted by molar-refractivity contribution is -0.384. The van der Waals surface area contributed by atoms with Crippen LogP contribution in [0, 0.1) is 17.0 Å². The van der Waals surface area contributed by atoms with Crippen molar-refractivity contribution < 1.29 is 14.1 Å². The first kappa shape index (κ1) is 12.2. The first-order valence-electron chi connectivity index (χ1n) is 5.91. The third-order valence-electron chi connectivity index (χ3n) is 2.79. The van der Waals surface area contributed by atoms with E-state index in [4.69, 9.17) is 9.15 Å². The topological polar surface area (TPSA) is 78.4 Å². The van der Waals surface area contributed by atoms with Gasteiger partial charge in [0.2, 0.25) is 5.71 Å². The predicted molar refractivity (Wildman–Crippen MR) is 71.9 cm³/mol. The molecule has 6 nitrogen and oxygen atoms in total. The first-order chi connectivity index (χ1) is 9.63. The molecule has 0 spiro atoms. The van der Waals surface area contributed by atoms with E-state index in [9.17, 15) is 10.1 Å². The molecule has 2 aromatic heterocycles. The summed E-state index contributed by atoms with van der Waals surface area (Å²) in [4.78, 5) is 14.2. The zero-order chi connectivity index (χ0) is 14.1. The van der Waals surface area contributed by atoms with E-state index >= 15 is 0 Å². The number of pyridine rings is 1. The molecule has 1 aromatic carbocycles. The molecule has 100 valence electrons. The molecule has 0 radical (unpaired) electrons. The molecule has 0 N–H and O–H groups in total. The summed E-state index contributed by atoms with van der Waals surface area (Å²) in [5, 5.41) is 11.4. The number of furan rings is 1. The minimum absolute atomic E-state index is 0.0244. The molecule has 0 amide bonds. The van der Waals surface area contributed by atoms with Crippen LogP contribution in [-0.2, 0) is 0 Å². The predicted octanol–water partition coefficient (Wildman–Crippen LogP) is 3.84. The summed E-state index contributed by atoms with van der Waals surface area (Å²) < 4.78 is 11.1. The fourth-order valence-electron chi connectivity index (χ4n) is 1.89. The van der Waals surface area contributed by atoms with Crippen molar-refractivity contribution in [2.75, 3.05) is 0 Å². The molecule has 3 rings (SSSR count). The monoisotopic (exact) mass is 270 g/mol. The van der Waals surface area contributed by atoms with Crippen LogP contribution in [0.5, 0.6) is 11.5 Å². The van der Waals surface area contributed by atoms with E-state index in [1.807, 2.05) is 13.0 Å². The summed E-state index contributed by atoms with van der Waals surface area (Å²) in [7, 11) is 0. The van der Waals surface area contributed by atoms with Crippen molar-refractivity contribution in [1.82, 2.24) is 4.98 Å². The summed E-state index contributed by atoms with van der Waals surface area (Å²) in [5.74, 6) is 1.86. The minimum Gasteiger partial charge on any atom is -0.456 e.